The van der Waals surface area contributed by atoms with E-state index in [1.54, 1.807) is 0 Å². The van der Waals surface area contributed by atoms with Gasteiger partial charge in [-0.25, -0.2) is 0 Å². The summed E-state index contributed by atoms with van der Waals surface area (Å²) in [5, 5.41) is 0. The summed E-state index contributed by atoms with van der Waals surface area (Å²) in [6, 6.07) is 9.13. The first-order chi connectivity index (χ1) is 9.72. The highest BCUT2D eigenvalue weighted by Gasteiger charge is 2.36. The van der Waals surface area contributed by atoms with E-state index >= 15 is 0 Å². The Hall–Kier alpha value is -1.15. The molecule has 108 valence electrons. The molecule has 2 unspecified atom stereocenters. The van der Waals surface area contributed by atoms with Crippen molar-refractivity contribution >= 4 is 5.78 Å². The summed E-state index contributed by atoms with van der Waals surface area (Å²) in [5.41, 5.74) is 2.41. The maximum Gasteiger partial charge on any atom is 0.138 e. The number of fused-ring (bicyclic) bond motifs is 1. The van der Waals surface area contributed by atoms with Crippen LogP contribution in [0.4, 0.5) is 0 Å². The van der Waals surface area contributed by atoms with Gasteiger partial charge in [0, 0.05) is 25.4 Å². The fraction of sp³-hybridized carbons (Fsp3) is 0.611. The second-order valence-electron chi connectivity index (χ2n) is 6.53. The van der Waals surface area contributed by atoms with E-state index in [1.165, 1.54) is 37.8 Å². The molecule has 0 N–H and O–H groups in total. The smallest absolute Gasteiger partial charge is 0.138 e. The van der Waals surface area contributed by atoms with Crippen molar-refractivity contribution in [1.82, 2.24) is 4.90 Å². The lowest BCUT2D eigenvalue weighted by Crippen LogP contribution is -2.32. The number of likely N-dealkylation sites (tertiary alicyclic amines) is 1. The summed E-state index contributed by atoms with van der Waals surface area (Å²) in [6.07, 6.45) is 6.84. The van der Waals surface area contributed by atoms with Gasteiger partial charge < -0.3 is 0 Å². The zero-order valence-electron chi connectivity index (χ0n) is 12.5. The summed E-state index contributed by atoms with van der Waals surface area (Å²) < 4.78 is 0. The summed E-state index contributed by atoms with van der Waals surface area (Å²) >= 11 is 0. The van der Waals surface area contributed by atoms with Crippen molar-refractivity contribution in [1.29, 1.82) is 0 Å². The molecular formula is C18H25NO. The number of rotatable bonds is 5. The first-order valence-corrected chi connectivity index (χ1v) is 8.03. The second kappa shape index (κ2) is 6.09. The van der Waals surface area contributed by atoms with Crippen LogP contribution in [-0.2, 0) is 11.2 Å². The predicted molar refractivity (Wildman–Crippen MR) is 81.8 cm³/mol. The lowest BCUT2D eigenvalue weighted by molar-refractivity contribution is -0.118. The third-order valence-electron chi connectivity index (χ3n) is 5.07. The van der Waals surface area contributed by atoms with E-state index in [9.17, 15) is 4.79 Å². The number of benzene rings is 1. The normalized spacial score (nSPS) is 25.9. The minimum absolute atomic E-state index is 0.385. The molecular weight excluding hydrogens is 246 g/mol. The van der Waals surface area contributed by atoms with Crippen molar-refractivity contribution in [3.8, 4) is 0 Å². The summed E-state index contributed by atoms with van der Waals surface area (Å²) in [7, 11) is 0. The van der Waals surface area contributed by atoms with Crippen LogP contribution < -0.4 is 0 Å². The number of ketones is 1. The maximum atomic E-state index is 12.1. The number of hydrogen-bond acceptors (Lipinski definition) is 2. The van der Waals surface area contributed by atoms with Crippen LogP contribution in [-0.4, -0.2) is 29.8 Å². The molecule has 2 aliphatic rings. The number of carbonyl (C=O) groups is 1. The van der Waals surface area contributed by atoms with Crippen molar-refractivity contribution in [2.45, 2.75) is 51.5 Å². The molecule has 0 spiro atoms. The molecule has 1 aromatic rings. The predicted octanol–water partition coefficient (Wildman–Crippen LogP) is 3.37. The van der Waals surface area contributed by atoms with Crippen molar-refractivity contribution in [2.24, 2.45) is 5.92 Å². The molecule has 0 radical (unpaired) electrons. The van der Waals surface area contributed by atoms with Crippen LogP contribution in [0.15, 0.2) is 24.3 Å². The van der Waals surface area contributed by atoms with E-state index in [4.69, 9.17) is 0 Å². The van der Waals surface area contributed by atoms with Gasteiger partial charge in [-0.05, 0) is 44.2 Å². The average Bonchev–Trinajstić information content (AvgIpc) is 3.02. The highest BCUT2D eigenvalue weighted by atomic mass is 16.1. The quantitative estimate of drug-likeness (QED) is 0.818. The van der Waals surface area contributed by atoms with Crippen LogP contribution >= 0.6 is 0 Å². The minimum Gasteiger partial charge on any atom is -0.300 e. The monoisotopic (exact) mass is 271 g/mol. The maximum absolute atomic E-state index is 12.1. The Balaban J connectivity index is 1.46. The van der Waals surface area contributed by atoms with Crippen LogP contribution in [0.3, 0.4) is 0 Å². The molecule has 2 heteroatoms. The first-order valence-electron chi connectivity index (χ1n) is 8.03. The Morgan fingerprint density at radius 2 is 2.00 bits per heavy atom. The molecule has 2 nitrogen and oxygen atoms in total. The van der Waals surface area contributed by atoms with Gasteiger partial charge in [0.15, 0.2) is 0 Å². The minimum atomic E-state index is 0.385. The van der Waals surface area contributed by atoms with E-state index in [2.05, 4.69) is 36.1 Å². The van der Waals surface area contributed by atoms with Crippen LogP contribution in [0.1, 0.15) is 43.2 Å². The zero-order chi connectivity index (χ0) is 13.9. The molecule has 1 heterocycles. The Bertz CT molecular complexity index is 465. The Kier molecular flexibility index (Phi) is 4.21. The van der Waals surface area contributed by atoms with Crippen LogP contribution in [0.25, 0.3) is 0 Å². The van der Waals surface area contributed by atoms with Gasteiger partial charge in [0.05, 0.1) is 0 Å². The molecule has 0 bridgehead atoms. The number of aryl methyl sites for hydroxylation is 1. The number of Topliss-reactive ketones (excluding diaryl/α,β-unsaturated/α-hetero) is 1. The van der Waals surface area contributed by atoms with Gasteiger partial charge in [-0.3, -0.25) is 9.69 Å². The van der Waals surface area contributed by atoms with E-state index in [1.807, 2.05) is 0 Å². The first kappa shape index (κ1) is 13.8. The van der Waals surface area contributed by atoms with E-state index < -0.39 is 0 Å². The van der Waals surface area contributed by atoms with Gasteiger partial charge >= 0.3 is 0 Å². The molecule has 0 amide bonds. The van der Waals surface area contributed by atoms with Crippen LogP contribution in [0, 0.1) is 12.8 Å². The molecule has 2 fully saturated rings. The molecule has 1 aromatic carbocycles. The Morgan fingerprint density at radius 1 is 1.20 bits per heavy atom. The fourth-order valence-electron chi connectivity index (χ4n) is 3.90. The van der Waals surface area contributed by atoms with Gasteiger partial charge in [0.1, 0.15) is 5.78 Å². The average molecular weight is 271 g/mol. The Morgan fingerprint density at radius 3 is 2.80 bits per heavy atom. The molecule has 0 aromatic heterocycles. The van der Waals surface area contributed by atoms with Crippen molar-refractivity contribution in [2.75, 3.05) is 13.1 Å². The van der Waals surface area contributed by atoms with Gasteiger partial charge in [0.25, 0.3) is 0 Å². The van der Waals surface area contributed by atoms with Crippen LogP contribution in [0.2, 0.25) is 0 Å². The molecule has 1 saturated heterocycles. The standard InChI is InChI=1S/C18H25NO/c1-14-5-7-15(8-6-14)13-17(20)10-12-19-11-9-16-3-2-4-18(16)19/h5-8,16,18H,2-4,9-13H2,1H3. The third-order valence-corrected chi connectivity index (χ3v) is 5.07. The van der Waals surface area contributed by atoms with E-state index in [0.29, 0.717) is 12.2 Å². The summed E-state index contributed by atoms with van der Waals surface area (Å²) in [5.74, 6) is 1.32. The summed E-state index contributed by atoms with van der Waals surface area (Å²) in [6.45, 7) is 4.27. The largest absolute Gasteiger partial charge is 0.300 e. The Labute approximate surface area is 122 Å². The molecule has 1 aliphatic heterocycles. The second-order valence-corrected chi connectivity index (χ2v) is 6.53. The van der Waals surface area contributed by atoms with Crippen molar-refractivity contribution in [3.63, 3.8) is 0 Å². The highest BCUT2D eigenvalue weighted by Crippen LogP contribution is 2.37. The lowest BCUT2D eigenvalue weighted by Gasteiger charge is -2.23. The summed E-state index contributed by atoms with van der Waals surface area (Å²) in [4.78, 5) is 14.7. The van der Waals surface area contributed by atoms with E-state index in [0.717, 1.165) is 30.5 Å². The lowest BCUT2D eigenvalue weighted by atomic mass is 10.0. The molecule has 3 rings (SSSR count). The van der Waals surface area contributed by atoms with Crippen molar-refractivity contribution in [3.05, 3.63) is 35.4 Å². The van der Waals surface area contributed by atoms with Gasteiger partial charge in [-0.2, -0.15) is 0 Å². The van der Waals surface area contributed by atoms with Crippen LogP contribution in [0.5, 0.6) is 0 Å². The van der Waals surface area contributed by atoms with E-state index in [-0.39, 0.29) is 0 Å². The van der Waals surface area contributed by atoms with Gasteiger partial charge in [0.2, 0.25) is 0 Å². The SMILES string of the molecule is Cc1ccc(CC(=O)CCN2CCC3CCCC32)cc1. The fourth-order valence-corrected chi connectivity index (χ4v) is 3.90. The highest BCUT2D eigenvalue weighted by molar-refractivity contribution is 5.81. The number of hydrogen-bond donors (Lipinski definition) is 0. The topological polar surface area (TPSA) is 20.3 Å². The zero-order valence-corrected chi connectivity index (χ0v) is 12.5. The molecule has 1 aliphatic carbocycles. The molecule has 20 heavy (non-hydrogen) atoms. The molecule has 1 saturated carbocycles. The third kappa shape index (κ3) is 3.12. The van der Waals surface area contributed by atoms with Crippen molar-refractivity contribution < 1.29 is 4.79 Å². The number of carbonyl (C=O) groups excluding carboxylic acids is 1. The molecule has 2 atom stereocenters. The number of nitrogens with zero attached hydrogens (tertiary/aromatic N) is 1. The van der Waals surface area contributed by atoms with Gasteiger partial charge in [-0.1, -0.05) is 36.2 Å². The van der Waals surface area contributed by atoms with Gasteiger partial charge in [-0.15, -0.1) is 0 Å².